The summed E-state index contributed by atoms with van der Waals surface area (Å²) in [5.74, 6) is -0.159. The van der Waals surface area contributed by atoms with Crippen molar-refractivity contribution in [2.75, 3.05) is 12.4 Å². The Labute approximate surface area is 135 Å². The Bertz CT molecular complexity index is 694. The fraction of sp³-hybridized carbons (Fsp3) is 0.222. The maximum absolute atomic E-state index is 12.2. The van der Waals surface area contributed by atoms with E-state index < -0.39 is 12.1 Å². The molecule has 0 aliphatic heterocycles. The summed E-state index contributed by atoms with van der Waals surface area (Å²) in [4.78, 5) is 23.5. The summed E-state index contributed by atoms with van der Waals surface area (Å²) in [7, 11) is 1.31. The van der Waals surface area contributed by atoms with Gasteiger partial charge in [-0.2, -0.15) is 0 Å². The summed E-state index contributed by atoms with van der Waals surface area (Å²) in [6.07, 6.45) is -0.702. The largest absolute Gasteiger partial charge is 0.479 e. The minimum atomic E-state index is -0.702. The van der Waals surface area contributed by atoms with Gasteiger partial charge in [0, 0.05) is 11.3 Å². The number of hydrogen-bond donors (Lipinski definition) is 1. The van der Waals surface area contributed by atoms with Crippen LogP contribution in [0, 0.1) is 6.92 Å². The maximum Gasteiger partial charge on any atom is 0.346 e. The summed E-state index contributed by atoms with van der Waals surface area (Å²) in [6, 6.07) is 14.1. The fourth-order valence-electron chi connectivity index (χ4n) is 2.01. The van der Waals surface area contributed by atoms with Crippen molar-refractivity contribution in [3.63, 3.8) is 0 Å². The number of aryl methyl sites for hydroxylation is 1. The number of hydrogen-bond acceptors (Lipinski definition) is 4. The van der Waals surface area contributed by atoms with Crippen molar-refractivity contribution in [1.29, 1.82) is 0 Å². The lowest BCUT2D eigenvalue weighted by atomic mass is 10.1. The van der Waals surface area contributed by atoms with Gasteiger partial charge < -0.3 is 14.8 Å². The Morgan fingerprint density at radius 3 is 2.30 bits per heavy atom. The third-order valence-corrected chi connectivity index (χ3v) is 3.36. The van der Waals surface area contributed by atoms with E-state index in [9.17, 15) is 9.59 Å². The summed E-state index contributed by atoms with van der Waals surface area (Å²) >= 11 is 0. The van der Waals surface area contributed by atoms with Crippen molar-refractivity contribution >= 4 is 17.6 Å². The van der Waals surface area contributed by atoms with Gasteiger partial charge in [-0.25, -0.2) is 4.79 Å². The van der Waals surface area contributed by atoms with Gasteiger partial charge in [0.05, 0.1) is 7.11 Å². The van der Waals surface area contributed by atoms with Crippen LogP contribution < -0.4 is 10.1 Å². The van der Waals surface area contributed by atoms with Crippen LogP contribution in [0.2, 0.25) is 0 Å². The van der Waals surface area contributed by atoms with Crippen LogP contribution in [0.4, 0.5) is 5.69 Å². The normalized spacial score (nSPS) is 11.4. The quantitative estimate of drug-likeness (QED) is 0.861. The second kappa shape index (κ2) is 7.45. The first-order valence-electron chi connectivity index (χ1n) is 7.23. The van der Waals surface area contributed by atoms with Crippen LogP contribution in [-0.2, 0) is 9.53 Å². The zero-order valence-corrected chi connectivity index (χ0v) is 13.3. The number of rotatable bonds is 5. The molecule has 0 saturated heterocycles. The molecule has 2 aromatic rings. The molecular formula is C18H19NO4. The van der Waals surface area contributed by atoms with Crippen molar-refractivity contribution in [2.24, 2.45) is 0 Å². The minimum Gasteiger partial charge on any atom is -0.479 e. The highest BCUT2D eigenvalue weighted by Gasteiger charge is 2.15. The van der Waals surface area contributed by atoms with Gasteiger partial charge in [0.15, 0.2) is 6.10 Å². The second-order valence-corrected chi connectivity index (χ2v) is 5.08. The molecule has 0 saturated carbocycles. The van der Waals surface area contributed by atoms with Gasteiger partial charge in [0.1, 0.15) is 5.75 Å². The second-order valence-electron chi connectivity index (χ2n) is 5.08. The highest BCUT2D eigenvalue weighted by molar-refractivity contribution is 6.04. The molecule has 1 atom stereocenters. The molecule has 0 heterocycles. The molecule has 1 amide bonds. The van der Waals surface area contributed by atoms with Gasteiger partial charge in [-0.3, -0.25) is 4.79 Å². The monoisotopic (exact) mass is 313 g/mol. The van der Waals surface area contributed by atoms with Gasteiger partial charge in [0.2, 0.25) is 0 Å². The Morgan fingerprint density at radius 2 is 1.70 bits per heavy atom. The first-order chi connectivity index (χ1) is 11.0. The molecule has 1 N–H and O–H groups in total. The topological polar surface area (TPSA) is 64.6 Å². The number of para-hydroxylation sites is 1. The standard InChI is InChI=1S/C18H19NO4/c1-12-6-4-5-7-16(12)19-17(20)14-8-10-15(11-9-14)23-13(2)18(21)22-3/h4-11,13H,1-3H3,(H,19,20)/t13-/m1/s1. The molecule has 5 heteroatoms. The molecule has 0 aliphatic carbocycles. The first kappa shape index (κ1) is 16.5. The highest BCUT2D eigenvalue weighted by Crippen LogP contribution is 2.17. The lowest BCUT2D eigenvalue weighted by Gasteiger charge is -2.13. The number of ether oxygens (including phenoxy) is 2. The number of carbonyl (C=O) groups excluding carboxylic acids is 2. The van der Waals surface area contributed by atoms with Gasteiger partial charge in [0.25, 0.3) is 5.91 Å². The van der Waals surface area contributed by atoms with Crippen molar-refractivity contribution in [2.45, 2.75) is 20.0 Å². The molecule has 0 spiro atoms. The molecule has 23 heavy (non-hydrogen) atoms. The molecular weight excluding hydrogens is 294 g/mol. The molecule has 0 bridgehead atoms. The van der Waals surface area contributed by atoms with Crippen molar-refractivity contribution in [1.82, 2.24) is 0 Å². The number of esters is 1. The van der Waals surface area contributed by atoms with Gasteiger partial charge in [-0.1, -0.05) is 18.2 Å². The Balaban J connectivity index is 2.03. The predicted molar refractivity (Wildman–Crippen MR) is 87.7 cm³/mol. The average Bonchev–Trinajstić information content (AvgIpc) is 2.56. The van der Waals surface area contributed by atoms with Crippen LogP contribution in [-0.4, -0.2) is 25.1 Å². The molecule has 0 unspecified atom stereocenters. The number of methoxy groups -OCH3 is 1. The van der Waals surface area contributed by atoms with Gasteiger partial charge in [-0.15, -0.1) is 0 Å². The lowest BCUT2D eigenvalue weighted by Crippen LogP contribution is -2.24. The molecule has 2 aromatic carbocycles. The number of amides is 1. The molecule has 0 radical (unpaired) electrons. The number of anilines is 1. The SMILES string of the molecule is COC(=O)[C@@H](C)Oc1ccc(C(=O)Nc2ccccc2C)cc1. The third-order valence-electron chi connectivity index (χ3n) is 3.36. The van der Waals surface area contributed by atoms with Crippen LogP contribution in [0.25, 0.3) is 0 Å². The van der Waals surface area contributed by atoms with Crippen LogP contribution in [0.5, 0.6) is 5.75 Å². The third kappa shape index (κ3) is 4.32. The van der Waals surface area contributed by atoms with Crippen LogP contribution in [0.3, 0.4) is 0 Å². The van der Waals surface area contributed by atoms with Crippen molar-refractivity contribution in [3.8, 4) is 5.75 Å². The van der Waals surface area contributed by atoms with Gasteiger partial charge in [-0.05, 0) is 49.7 Å². The van der Waals surface area contributed by atoms with E-state index in [1.54, 1.807) is 31.2 Å². The summed E-state index contributed by atoms with van der Waals surface area (Å²) in [6.45, 7) is 3.53. The average molecular weight is 313 g/mol. The summed E-state index contributed by atoms with van der Waals surface area (Å²) < 4.78 is 10.0. The van der Waals surface area contributed by atoms with E-state index in [-0.39, 0.29) is 5.91 Å². The first-order valence-corrected chi connectivity index (χ1v) is 7.23. The molecule has 0 aliphatic rings. The molecule has 5 nitrogen and oxygen atoms in total. The molecule has 120 valence electrons. The van der Waals surface area contributed by atoms with E-state index in [0.29, 0.717) is 11.3 Å². The van der Waals surface area contributed by atoms with E-state index in [1.165, 1.54) is 7.11 Å². The number of carbonyl (C=O) groups is 2. The summed E-state index contributed by atoms with van der Waals surface area (Å²) in [5, 5.41) is 2.86. The maximum atomic E-state index is 12.2. The number of nitrogens with one attached hydrogen (secondary N) is 1. The highest BCUT2D eigenvalue weighted by atomic mass is 16.6. The smallest absolute Gasteiger partial charge is 0.346 e. The lowest BCUT2D eigenvalue weighted by molar-refractivity contribution is -0.147. The zero-order valence-electron chi connectivity index (χ0n) is 13.3. The minimum absolute atomic E-state index is 0.202. The Hall–Kier alpha value is -2.82. The Morgan fingerprint density at radius 1 is 1.04 bits per heavy atom. The van der Waals surface area contributed by atoms with E-state index in [2.05, 4.69) is 10.1 Å². The number of benzene rings is 2. The van der Waals surface area contributed by atoms with E-state index >= 15 is 0 Å². The van der Waals surface area contributed by atoms with Crippen LogP contribution in [0.15, 0.2) is 48.5 Å². The van der Waals surface area contributed by atoms with Crippen molar-refractivity contribution in [3.05, 3.63) is 59.7 Å². The van der Waals surface area contributed by atoms with E-state index in [4.69, 9.17) is 4.74 Å². The van der Waals surface area contributed by atoms with Crippen molar-refractivity contribution < 1.29 is 19.1 Å². The molecule has 0 fully saturated rings. The van der Waals surface area contributed by atoms with Gasteiger partial charge >= 0.3 is 5.97 Å². The van der Waals surface area contributed by atoms with E-state index in [1.807, 2.05) is 31.2 Å². The predicted octanol–water partition coefficient (Wildman–Crippen LogP) is 3.19. The summed E-state index contributed by atoms with van der Waals surface area (Å²) in [5.41, 5.74) is 2.27. The van der Waals surface area contributed by atoms with Crippen LogP contribution >= 0.6 is 0 Å². The zero-order chi connectivity index (χ0) is 16.8. The fourth-order valence-corrected chi connectivity index (χ4v) is 2.01. The Kier molecular flexibility index (Phi) is 5.36. The molecule has 2 rings (SSSR count). The molecule has 0 aromatic heterocycles. The van der Waals surface area contributed by atoms with Crippen LogP contribution in [0.1, 0.15) is 22.8 Å². The van der Waals surface area contributed by atoms with E-state index in [0.717, 1.165) is 11.3 Å².